The average Bonchev–Trinajstić information content (AvgIpc) is 2.52. The quantitative estimate of drug-likeness (QED) is 0.519. The van der Waals surface area contributed by atoms with Gasteiger partial charge >= 0.3 is 0 Å². The lowest BCUT2D eigenvalue weighted by Crippen LogP contribution is -2.11. The van der Waals surface area contributed by atoms with Gasteiger partial charge in [0.05, 0.1) is 12.2 Å². The molecule has 1 aromatic rings. The highest BCUT2D eigenvalue weighted by atomic mass is 16.5. The molecule has 0 unspecified atom stereocenters. The minimum atomic E-state index is -0.121. The van der Waals surface area contributed by atoms with Crippen molar-refractivity contribution in [1.82, 2.24) is 0 Å². The van der Waals surface area contributed by atoms with E-state index in [0.29, 0.717) is 12.5 Å². The lowest BCUT2D eigenvalue weighted by Gasteiger charge is -2.08. The molecule has 22 heavy (non-hydrogen) atoms. The Hall–Kier alpha value is -2.08. The number of hydrogen-bond donors (Lipinski definition) is 0. The van der Waals surface area contributed by atoms with Crippen LogP contribution in [0.5, 0.6) is 5.75 Å². The van der Waals surface area contributed by atoms with Crippen molar-refractivity contribution in [1.29, 1.82) is 5.26 Å². The molecule has 0 aliphatic rings. The Morgan fingerprint density at radius 1 is 1.27 bits per heavy atom. The Kier molecular flexibility index (Phi) is 7.39. The molecule has 0 aliphatic carbocycles. The van der Waals surface area contributed by atoms with E-state index in [4.69, 9.17) is 10.00 Å². The maximum absolute atomic E-state index is 12.1. The molecule has 0 aromatic heterocycles. The second-order valence-electron chi connectivity index (χ2n) is 5.94. The number of nitriles is 1. The van der Waals surface area contributed by atoms with E-state index in [1.54, 1.807) is 6.08 Å². The van der Waals surface area contributed by atoms with E-state index in [-0.39, 0.29) is 17.3 Å². The summed E-state index contributed by atoms with van der Waals surface area (Å²) in [5.74, 6) is 1.21. The number of rotatable bonds is 8. The van der Waals surface area contributed by atoms with Crippen LogP contribution < -0.4 is 4.74 Å². The van der Waals surface area contributed by atoms with E-state index in [0.717, 1.165) is 24.2 Å². The highest BCUT2D eigenvalue weighted by Gasteiger charge is 2.15. The zero-order valence-corrected chi connectivity index (χ0v) is 13.9. The molecule has 1 atom stereocenters. The van der Waals surface area contributed by atoms with Crippen LogP contribution in [0.15, 0.2) is 29.8 Å². The summed E-state index contributed by atoms with van der Waals surface area (Å²) in [5, 5.41) is 9.16. The van der Waals surface area contributed by atoms with Crippen LogP contribution in [0.1, 0.15) is 46.1 Å². The predicted octanol–water partition coefficient (Wildman–Crippen LogP) is 4.63. The molecule has 0 saturated heterocycles. The Bertz CT molecular complexity index is 550. The molecule has 3 heteroatoms. The summed E-state index contributed by atoms with van der Waals surface area (Å²) in [6.07, 6.45) is 3.40. The van der Waals surface area contributed by atoms with Gasteiger partial charge in [-0.2, -0.15) is 5.26 Å². The molecule has 1 rings (SSSR count). The standard InChI is InChI=1S/C19H25NO2/c1-5-15(4)19(21)17(13-20)12-16-6-8-18(9-7-16)22-11-10-14(2)3/h6-9,12,14-15H,5,10-11H2,1-4H3/b17-12+/t15-/m1/s1. The van der Waals surface area contributed by atoms with E-state index in [9.17, 15) is 4.79 Å². The van der Waals surface area contributed by atoms with Gasteiger partial charge in [0.25, 0.3) is 0 Å². The molecule has 0 bridgehead atoms. The first-order chi connectivity index (χ1) is 10.5. The second-order valence-corrected chi connectivity index (χ2v) is 5.94. The molecule has 0 amide bonds. The van der Waals surface area contributed by atoms with E-state index < -0.39 is 0 Å². The SMILES string of the molecule is CC[C@@H](C)C(=O)/C(C#N)=C/c1ccc(OCCC(C)C)cc1. The molecular weight excluding hydrogens is 274 g/mol. The fourth-order valence-electron chi connectivity index (χ4n) is 1.85. The summed E-state index contributed by atoms with van der Waals surface area (Å²) in [4.78, 5) is 12.1. The minimum Gasteiger partial charge on any atom is -0.494 e. The van der Waals surface area contributed by atoms with Crippen LogP contribution in [-0.4, -0.2) is 12.4 Å². The van der Waals surface area contributed by atoms with Crippen LogP contribution in [0.2, 0.25) is 0 Å². The number of hydrogen-bond acceptors (Lipinski definition) is 3. The Labute approximate surface area is 133 Å². The minimum absolute atomic E-state index is 0.0951. The molecule has 0 N–H and O–H groups in total. The van der Waals surface area contributed by atoms with Crippen molar-refractivity contribution in [3.8, 4) is 11.8 Å². The van der Waals surface area contributed by atoms with Crippen LogP contribution >= 0.6 is 0 Å². The largest absolute Gasteiger partial charge is 0.494 e. The van der Waals surface area contributed by atoms with Crippen LogP contribution in [0, 0.1) is 23.2 Å². The highest BCUT2D eigenvalue weighted by molar-refractivity contribution is 6.04. The van der Waals surface area contributed by atoms with Crippen LogP contribution in [0.25, 0.3) is 6.08 Å². The van der Waals surface area contributed by atoms with Gasteiger partial charge in [0.2, 0.25) is 0 Å². The summed E-state index contributed by atoms with van der Waals surface area (Å²) in [7, 11) is 0. The first-order valence-electron chi connectivity index (χ1n) is 7.86. The van der Waals surface area contributed by atoms with Crippen molar-refractivity contribution in [3.05, 3.63) is 35.4 Å². The third kappa shape index (κ3) is 5.73. The van der Waals surface area contributed by atoms with Crippen molar-refractivity contribution in [2.75, 3.05) is 6.61 Å². The molecule has 0 fully saturated rings. The molecule has 0 radical (unpaired) electrons. The highest BCUT2D eigenvalue weighted by Crippen LogP contribution is 2.17. The van der Waals surface area contributed by atoms with Crippen LogP contribution in [0.3, 0.4) is 0 Å². The number of carbonyl (C=O) groups is 1. The predicted molar refractivity (Wildman–Crippen MR) is 89.4 cm³/mol. The van der Waals surface area contributed by atoms with Gasteiger partial charge in [-0.05, 0) is 42.5 Å². The molecule has 118 valence electrons. The summed E-state index contributed by atoms with van der Waals surface area (Å²) in [6.45, 7) is 8.81. The zero-order valence-electron chi connectivity index (χ0n) is 13.9. The maximum Gasteiger partial charge on any atom is 0.176 e. The fourth-order valence-corrected chi connectivity index (χ4v) is 1.85. The third-order valence-corrected chi connectivity index (χ3v) is 3.60. The van der Waals surface area contributed by atoms with Gasteiger partial charge in [-0.15, -0.1) is 0 Å². The summed E-state index contributed by atoms with van der Waals surface area (Å²) >= 11 is 0. The van der Waals surface area contributed by atoms with Gasteiger partial charge in [0, 0.05) is 5.92 Å². The topological polar surface area (TPSA) is 50.1 Å². The number of nitrogens with zero attached hydrogens (tertiary/aromatic N) is 1. The van der Waals surface area contributed by atoms with Gasteiger partial charge in [-0.1, -0.05) is 39.8 Å². The molecular formula is C19H25NO2. The lowest BCUT2D eigenvalue weighted by atomic mass is 9.96. The molecule has 1 aromatic carbocycles. The Balaban J connectivity index is 2.75. The van der Waals surface area contributed by atoms with Gasteiger partial charge in [0.1, 0.15) is 11.8 Å². The average molecular weight is 299 g/mol. The molecule has 0 saturated carbocycles. The van der Waals surface area contributed by atoms with E-state index in [2.05, 4.69) is 13.8 Å². The summed E-state index contributed by atoms with van der Waals surface area (Å²) in [5.41, 5.74) is 1.05. The second kappa shape index (κ2) is 9.04. The summed E-state index contributed by atoms with van der Waals surface area (Å²) in [6, 6.07) is 9.48. The number of carbonyl (C=O) groups excluding carboxylic acids is 1. The number of ether oxygens (including phenoxy) is 1. The van der Waals surface area contributed by atoms with Crippen LogP contribution in [-0.2, 0) is 4.79 Å². The fraction of sp³-hybridized carbons (Fsp3) is 0.474. The van der Waals surface area contributed by atoms with Crippen molar-refractivity contribution in [2.24, 2.45) is 11.8 Å². The number of benzene rings is 1. The van der Waals surface area contributed by atoms with E-state index in [1.807, 2.05) is 44.2 Å². The number of Topliss-reactive ketones (excluding diaryl/α,β-unsaturated/α-hetero) is 1. The lowest BCUT2D eigenvalue weighted by molar-refractivity contribution is -0.118. The van der Waals surface area contributed by atoms with Gasteiger partial charge in [-0.3, -0.25) is 4.79 Å². The van der Waals surface area contributed by atoms with Gasteiger partial charge < -0.3 is 4.74 Å². The van der Waals surface area contributed by atoms with Crippen molar-refractivity contribution >= 4 is 11.9 Å². The first kappa shape index (κ1) is 18.0. The number of allylic oxidation sites excluding steroid dienone is 1. The monoisotopic (exact) mass is 299 g/mol. The Morgan fingerprint density at radius 2 is 1.91 bits per heavy atom. The number of ketones is 1. The molecule has 3 nitrogen and oxygen atoms in total. The van der Waals surface area contributed by atoms with Crippen molar-refractivity contribution in [2.45, 2.75) is 40.5 Å². The molecule has 0 heterocycles. The normalized spacial score (nSPS) is 12.8. The third-order valence-electron chi connectivity index (χ3n) is 3.60. The van der Waals surface area contributed by atoms with Crippen molar-refractivity contribution in [3.63, 3.8) is 0 Å². The van der Waals surface area contributed by atoms with E-state index in [1.165, 1.54) is 0 Å². The first-order valence-corrected chi connectivity index (χ1v) is 7.86. The molecule has 0 aliphatic heterocycles. The smallest absolute Gasteiger partial charge is 0.176 e. The maximum atomic E-state index is 12.1. The Morgan fingerprint density at radius 3 is 2.41 bits per heavy atom. The van der Waals surface area contributed by atoms with E-state index >= 15 is 0 Å². The van der Waals surface area contributed by atoms with Gasteiger partial charge in [0.15, 0.2) is 5.78 Å². The van der Waals surface area contributed by atoms with Gasteiger partial charge in [-0.25, -0.2) is 0 Å². The summed E-state index contributed by atoms with van der Waals surface area (Å²) < 4.78 is 5.65. The zero-order chi connectivity index (χ0) is 16.5. The van der Waals surface area contributed by atoms with Crippen molar-refractivity contribution < 1.29 is 9.53 Å². The molecule has 0 spiro atoms. The van der Waals surface area contributed by atoms with Crippen LogP contribution in [0.4, 0.5) is 0 Å².